The first-order valence-corrected chi connectivity index (χ1v) is 7.95. The van der Waals surface area contributed by atoms with E-state index < -0.39 is 0 Å². The molecule has 21 heavy (non-hydrogen) atoms. The van der Waals surface area contributed by atoms with Gasteiger partial charge in [0.15, 0.2) is 0 Å². The topological polar surface area (TPSA) is 55.6 Å². The van der Waals surface area contributed by atoms with Gasteiger partial charge in [0.2, 0.25) is 5.91 Å². The summed E-state index contributed by atoms with van der Waals surface area (Å²) in [6, 6.07) is 8.07. The van der Waals surface area contributed by atoms with Gasteiger partial charge in [-0.25, -0.2) is 0 Å². The zero-order valence-corrected chi connectivity index (χ0v) is 12.6. The highest BCUT2D eigenvalue weighted by atomic mass is 16.5. The molecule has 4 heteroatoms. The first-order chi connectivity index (χ1) is 10.2. The summed E-state index contributed by atoms with van der Waals surface area (Å²) in [6.07, 6.45) is 3.89. The Bertz CT molecular complexity index is 511. The average Bonchev–Trinajstić information content (AvgIpc) is 2.45. The molecule has 114 valence electrons. The lowest BCUT2D eigenvalue weighted by molar-refractivity contribution is -0.121. The summed E-state index contributed by atoms with van der Waals surface area (Å²) >= 11 is 0. The lowest BCUT2D eigenvalue weighted by Crippen LogP contribution is -2.41. The van der Waals surface area contributed by atoms with Crippen molar-refractivity contribution in [2.75, 3.05) is 18.1 Å². The van der Waals surface area contributed by atoms with Crippen molar-refractivity contribution >= 4 is 11.6 Å². The van der Waals surface area contributed by atoms with Crippen LogP contribution in [0.5, 0.6) is 0 Å². The maximum Gasteiger partial charge on any atom is 0.227 e. The second-order valence-corrected chi connectivity index (χ2v) is 6.12. The largest absolute Gasteiger partial charge is 0.378 e. The van der Waals surface area contributed by atoms with Crippen LogP contribution in [0, 0.1) is 5.92 Å². The first-order valence-electron chi connectivity index (χ1n) is 7.95. The van der Waals surface area contributed by atoms with Crippen LogP contribution in [0.25, 0.3) is 0 Å². The second kappa shape index (κ2) is 6.16. The van der Waals surface area contributed by atoms with Crippen molar-refractivity contribution in [3.05, 3.63) is 29.8 Å². The van der Waals surface area contributed by atoms with E-state index in [9.17, 15) is 4.79 Å². The Morgan fingerprint density at radius 3 is 2.90 bits per heavy atom. The van der Waals surface area contributed by atoms with Crippen LogP contribution in [0.1, 0.15) is 44.2 Å². The predicted molar refractivity (Wildman–Crippen MR) is 83.1 cm³/mol. The molecule has 1 fully saturated rings. The number of nitrogens with two attached hydrogens (primary N) is 1. The maximum absolute atomic E-state index is 12.6. The Morgan fingerprint density at radius 2 is 2.14 bits per heavy atom. The molecule has 0 radical (unpaired) electrons. The third kappa shape index (κ3) is 2.97. The quantitative estimate of drug-likeness (QED) is 0.926. The highest BCUT2D eigenvalue weighted by Gasteiger charge is 2.34. The smallest absolute Gasteiger partial charge is 0.227 e. The van der Waals surface area contributed by atoms with Crippen LogP contribution in [-0.4, -0.2) is 25.2 Å². The molecule has 1 aliphatic carbocycles. The Kier molecular flexibility index (Phi) is 4.27. The van der Waals surface area contributed by atoms with Gasteiger partial charge in [0.25, 0.3) is 0 Å². The van der Waals surface area contributed by atoms with Crippen LogP contribution < -0.4 is 10.6 Å². The van der Waals surface area contributed by atoms with Gasteiger partial charge in [0.05, 0.1) is 6.10 Å². The Labute approximate surface area is 126 Å². The number of anilines is 1. The van der Waals surface area contributed by atoms with Crippen molar-refractivity contribution in [3.63, 3.8) is 0 Å². The van der Waals surface area contributed by atoms with Crippen LogP contribution in [0.2, 0.25) is 0 Å². The standard InChI is InChI=1S/C17H24N2O2/c1-2-21-13-9-12(10-13)11-17(20)19-8-7-15(18)14-5-3-4-6-16(14)19/h3-6,12-13,15H,2,7-11,18H2,1H3. The number of ether oxygens (including phenoxy) is 1. The molecule has 0 saturated heterocycles. The molecule has 1 aromatic rings. The average molecular weight is 288 g/mol. The Balaban J connectivity index is 1.63. The van der Waals surface area contributed by atoms with Gasteiger partial charge in [-0.05, 0) is 43.7 Å². The summed E-state index contributed by atoms with van der Waals surface area (Å²) in [4.78, 5) is 14.5. The van der Waals surface area contributed by atoms with Crippen molar-refractivity contribution in [1.82, 2.24) is 0 Å². The predicted octanol–water partition coefficient (Wildman–Crippen LogP) is 2.63. The van der Waals surface area contributed by atoms with Gasteiger partial charge in [-0.3, -0.25) is 4.79 Å². The van der Waals surface area contributed by atoms with Crippen LogP contribution in [0.4, 0.5) is 5.69 Å². The van der Waals surface area contributed by atoms with Crippen LogP contribution >= 0.6 is 0 Å². The van der Waals surface area contributed by atoms with E-state index in [0.717, 1.165) is 43.7 Å². The zero-order chi connectivity index (χ0) is 14.8. The number of para-hydroxylation sites is 1. The Morgan fingerprint density at radius 1 is 1.38 bits per heavy atom. The number of benzene rings is 1. The fourth-order valence-electron chi connectivity index (χ4n) is 3.42. The van der Waals surface area contributed by atoms with E-state index >= 15 is 0 Å². The Hall–Kier alpha value is -1.39. The van der Waals surface area contributed by atoms with E-state index in [1.54, 1.807) is 0 Å². The van der Waals surface area contributed by atoms with Gasteiger partial charge in [0.1, 0.15) is 0 Å². The fraction of sp³-hybridized carbons (Fsp3) is 0.588. The molecule has 0 aromatic heterocycles. The lowest BCUT2D eigenvalue weighted by atomic mass is 9.79. The highest BCUT2D eigenvalue weighted by Crippen LogP contribution is 2.36. The molecule has 2 N–H and O–H groups in total. The number of amides is 1. The first kappa shape index (κ1) is 14.5. The normalized spacial score (nSPS) is 27.9. The molecule has 3 rings (SSSR count). The van der Waals surface area contributed by atoms with Crippen LogP contribution in [-0.2, 0) is 9.53 Å². The number of fused-ring (bicyclic) bond motifs is 1. The van der Waals surface area contributed by atoms with Crippen LogP contribution in [0.15, 0.2) is 24.3 Å². The van der Waals surface area contributed by atoms with Gasteiger partial charge < -0.3 is 15.4 Å². The van der Waals surface area contributed by atoms with E-state index in [2.05, 4.69) is 0 Å². The molecule has 0 spiro atoms. The van der Waals surface area contributed by atoms with Gasteiger partial charge in [-0.1, -0.05) is 18.2 Å². The molecule has 1 aliphatic heterocycles. The van der Waals surface area contributed by atoms with Crippen LogP contribution in [0.3, 0.4) is 0 Å². The number of carbonyl (C=O) groups is 1. The van der Waals surface area contributed by atoms with Gasteiger partial charge in [0, 0.05) is 31.3 Å². The minimum absolute atomic E-state index is 0.0521. The molecule has 1 aromatic carbocycles. The van der Waals surface area contributed by atoms with E-state index in [4.69, 9.17) is 10.5 Å². The van der Waals surface area contributed by atoms with Gasteiger partial charge in [-0.15, -0.1) is 0 Å². The van der Waals surface area contributed by atoms with Crippen molar-refractivity contribution < 1.29 is 9.53 Å². The molecule has 4 nitrogen and oxygen atoms in total. The molecule has 0 bridgehead atoms. The van der Waals surface area contributed by atoms with E-state index in [1.165, 1.54) is 0 Å². The second-order valence-electron chi connectivity index (χ2n) is 6.12. The number of rotatable bonds is 4. The molecule has 1 atom stereocenters. The van der Waals surface area contributed by atoms with E-state index in [1.807, 2.05) is 36.1 Å². The van der Waals surface area contributed by atoms with Gasteiger partial charge >= 0.3 is 0 Å². The highest BCUT2D eigenvalue weighted by molar-refractivity contribution is 5.94. The molecule has 1 unspecified atom stereocenters. The third-order valence-corrected chi connectivity index (χ3v) is 4.65. The number of hydrogen-bond acceptors (Lipinski definition) is 3. The summed E-state index contributed by atoms with van der Waals surface area (Å²) in [5.74, 6) is 0.714. The SMILES string of the molecule is CCOC1CC(CC(=O)N2CCC(N)c3ccccc32)C1. The number of carbonyl (C=O) groups excluding carboxylic acids is 1. The third-order valence-electron chi connectivity index (χ3n) is 4.65. The molecule has 1 amide bonds. The summed E-state index contributed by atoms with van der Waals surface area (Å²) in [7, 11) is 0. The monoisotopic (exact) mass is 288 g/mol. The van der Waals surface area contributed by atoms with Gasteiger partial charge in [-0.2, -0.15) is 0 Å². The minimum atomic E-state index is 0.0521. The number of nitrogens with zero attached hydrogens (tertiary/aromatic N) is 1. The van der Waals surface area contributed by atoms with E-state index in [-0.39, 0.29) is 11.9 Å². The molecule has 2 aliphatic rings. The molecule has 1 heterocycles. The molecular formula is C17H24N2O2. The van der Waals surface area contributed by atoms with Crippen molar-refractivity contribution in [2.24, 2.45) is 11.7 Å². The summed E-state index contributed by atoms with van der Waals surface area (Å²) in [5, 5.41) is 0. The fourth-order valence-corrected chi connectivity index (χ4v) is 3.42. The summed E-state index contributed by atoms with van der Waals surface area (Å²) in [6.45, 7) is 3.52. The zero-order valence-electron chi connectivity index (χ0n) is 12.6. The minimum Gasteiger partial charge on any atom is -0.378 e. The maximum atomic E-state index is 12.6. The molecular weight excluding hydrogens is 264 g/mol. The lowest BCUT2D eigenvalue weighted by Gasteiger charge is -2.37. The van der Waals surface area contributed by atoms with E-state index in [0.29, 0.717) is 18.4 Å². The number of hydrogen-bond donors (Lipinski definition) is 1. The molecule has 1 saturated carbocycles. The van der Waals surface area contributed by atoms with Crippen molar-refractivity contribution in [1.29, 1.82) is 0 Å². The summed E-state index contributed by atoms with van der Waals surface area (Å²) < 4.78 is 5.56. The van der Waals surface area contributed by atoms with Crippen molar-refractivity contribution in [3.8, 4) is 0 Å². The van der Waals surface area contributed by atoms with Crippen molar-refractivity contribution in [2.45, 2.75) is 44.8 Å². The summed E-state index contributed by atoms with van der Waals surface area (Å²) in [5.41, 5.74) is 8.24.